The van der Waals surface area contributed by atoms with Crippen molar-refractivity contribution in [3.8, 4) is 11.5 Å². The fraction of sp³-hybridized carbons (Fsp3) is 0.605. The average Bonchev–Trinajstić information content (AvgIpc) is 3.17. The maximum Gasteiger partial charge on any atom is 0.162 e. The lowest BCUT2D eigenvalue weighted by Gasteiger charge is -2.43. The molecule has 2 aromatic carbocycles. The zero-order valence-corrected chi connectivity index (χ0v) is 32.9. The summed E-state index contributed by atoms with van der Waals surface area (Å²) < 4.78 is 46.7. The fourth-order valence-electron chi connectivity index (χ4n) is 6.89. The molecule has 52 heavy (non-hydrogen) atoms. The Labute approximate surface area is 312 Å². The SMILES string of the molecule is COCO[C@@H]1[C@@H](C)[C@H](OC)O[C@@H](CC/C=C\[C@H](C)[C@H](OCc2ccc(OC)cc2)[C@@H](C)/C=C\CC[C@@H](OCc2ccc(OC)cc2)[C@H](C)C=O)[C@H]1C. The van der Waals surface area contributed by atoms with Crippen molar-refractivity contribution in [1.82, 2.24) is 0 Å². The Balaban J connectivity index is 1.63. The molecule has 0 saturated carbocycles. The standard InChI is InChI=1S/C43H64O9/c1-30(14-10-12-16-39(32(3)26-44)49-27-35-18-22-37(46-7)23-19-35)41(50-28-36-20-24-38(47-8)25-21-36)31(2)15-11-13-17-40-33(4)42(51-29-45-6)34(5)43(48-9)52-40/h10-11,14-15,18-26,30-34,39-43H,12-13,16-17,27-29H2,1-9H3/b14-10-,15-11-/t30-,31-,32+,33+,34+,39+,40-,41+,42-,43+/m0/s1. The van der Waals surface area contributed by atoms with E-state index in [1.54, 1.807) is 28.4 Å². The molecule has 0 radical (unpaired) electrons. The summed E-state index contributed by atoms with van der Waals surface area (Å²) in [7, 11) is 6.65. The van der Waals surface area contributed by atoms with Crippen molar-refractivity contribution in [2.24, 2.45) is 29.6 Å². The van der Waals surface area contributed by atoms with E-state index in [-0.39, 0.29) is 67.1 Å². The molecule has 0 unspecified atom stereocenters. The van der Waals surface area contributed by atoms with Gasteiger partial charge in [0, 0.05) is 43.8 Å². The molecule has 1 saturated heterocycles. The zero-order chi connectivity index (χ0) is 37.9. The van der Waals surface area contributed by atoms with Crippen molar-refractivity contribution >= 4 is 6.29 Å². The van der Waals surface area contributed by atoms with Crippen LogP contribution in [0.3, 0.4) is 0 Å². The molecule has 0 amide bonds. The van der Waals surface area contributed by atoms with E-state index in [9.17, 15) is 4.79 Å². The van der Waals surface area contributed by atoms with Crippen molar-refractivity contribution in [2.45, 2.75) is 104 Å². The smallest absolute Gasteiger partial charge is 0.162 e. The molecular weight excluding hydrogens is 660 g/mol. The maximum atomic E-state index is 11.7. The van der Waals surface area contributed by atoms with Crippen LogP contribution in [0, 0.1) is 29.6 Å². The molecule has 1 aliphatic rings. The summed E-state index contributed by atoms with van der Waals surface area (Å²) in [6, 6.07) is 15.8. The monoisotopic (exact) mass is 724 g/mol. The van der Waals surface area contributed by atoms with Gasteiger partial charge >= 0.3 is 0 Å². The van der Waals surface area contributed by atoms with Gasteiger partial charge in [-0.1, -0.05) is 83.2 Å². The molecule has 9 nitrogen and oxygen atoms in total. The maximum absolute atomic E-state index is 11.7. The summed E-state index contributed by atoms with van der Waals surface area (Å²) in [5, 5.41) is 0. The molecule has 0 N–H and O–H groups in total. The zero-order valence-electron chi connectivity index (χ0n) is 32.9. The minimum absolute atomic E-state index is 0.00750. The molecule has 0 spiro atoms. The van der Waals surface area contributed by atoms with E-state index in [0.717, 1.165) is 54.6 Å². The molecule has 290 valence electrons. The quantitative estimate of drug-likeness (QED) is 0.0600. The molecule has 0 bridgehead atoms. The minimum atomic E-state index is -0.314. The average molecular weight is 725 g/mol. The first-order chi connectivity index (χ1) is 25.1. The topological polar surface area (TPSA) is 90.9 Å². The summed E-state index contributed by atoms with van der Waals surface area (Å²) in [6.45, 7) is 11.8. The van der Waals surface area contributed by atoms with Gasteiger partial charge in [0.05, 0.1) is 51.8 Å². The molecule has 0 aromatic heterocycles. The summed E-state index contributed by atoms with van der Waals surface area (Å²) in [5.74, 6) is 2.03. The Morgan fingerprint density at radius 2 is 1.29 bits per heavy atom. The molecular formula is C43H64O9. The van der Waals surface area contributed by atoms with Gasteiger partial charge in [0.25, 0.3) is 0 Å². The molecule has 2 aromatic rings. The highest BCUT2D eigenvalue weighted by Gasteiger charge is 2.42. The Kier molecular flexibility index (Phi) is 19.7. The van der Waals surface area contributed by atoms with Crippen LogP contribution >= 0.6 is 0 Å². The van der Waals surface area contributed by atoms with Crippen LogP contribution in [0.2, 0.25) is 0 Å². The highest BCUT2D eigenvalue weighted by Crippen LogP contribution is 2.35. The third-order valence-corrected chi connectivity index (χ3v) is 10.1. The van der Waals surface area contributed by atoms with Gasteiger partial charge in [-0.25, -0.2) is 0 Å². The summed E-state index contributed by atoms with van der Waals surface area (Å²) in [5.41, 5.74) is 2.13. The minimum Gasteiger partial charge on any atom is -0.497 e. The van der Waals surface area contributed by atoms with E-state index in [2.05, 4.69) is 52.0 Å². The Morgan fingerprint density at radius 3 is 1.81 bits per heavy atom. The van der Waals surface area contributed by atoms with Crippen LogP contribution < -0.4 is 9.47 Å². The van der Waals surface area contributed by atoms with E-state index < -0.39 is 0 Å². The van der Waals surface area contributed by atoms with Gasteiger partial charge < -0.3 is 42.7 Å². The molecule has 1 fully saturated rings. The number of hydrogen-bond acceptors (Lipinski definition) is 9. The third kappa shape index (κ3) is 13.7. The highest BCUT2D eigenvalue weighted by atomic mass is 16.7. The second kappa shape index (κ2) is 23.6. The van der Waals surface area contributed by atoms with Crippen LogP contribution in [-0.2, 0) is 46.4 Å². The predicted octanol–water partition coefficient (Wildman–Crippen LogP) is 8.59. The lowest BCUT2D eigenvalue weighted by atomic mass is 9.84. The van der Waals surface area contributed by atoms with Crippen molar-refractivity contribution in [3.63, 3.8) is 0 Å². The number of benzene rings is 2. The van der Waals surface area contributed by atoms with E-state index >= 15 is 0 Å². The Morgan fingerprint density at radius 1 is 0.731 bits per heavy atom. The normalized spacial score (nSPS) is 23.7. The van der Waals surface area contributed by atoms with Crippen molar-refractivity contribution in [1.29, 1.82) is 0 Å². The number of methoxy groups -OCH3 is 4. The Hall–Kier alpha value is -3.05. The van der Waals surface area contributed by atoms with Crippen LogP contribution in [0.5, 0.6) is 11.5 Å². The first kappa shape index (κ1) is 43.4. The Bertz CT molecular complexity index is 1310. The van der Waals surface area contributed by atoms with Crippen LogP contribution in [0.25, 0.3) is 0 Å². The van der Waals surface area contributed by atoms with Crippen molar-refractivity contribution < 1.29 is 42.7 Å². The second-order valence-electron chi connectivity index (χ2n) is 14.1. The molecule has 0 aliphatic carbocycles. The molecule has 1 heterocycles. The van der Waals surface area contributed by atoms with Gasteiger partial charge in [-0.05, 0) is 61.1 Å². The van der Waals surface area contributed by atoms with E-state index in [1.807, 2.05) is 55.5 Å². The summed E-state index contributed by atoms with van der Waals surface area (Å²) >= 11 is 0. The van der Waals surface area contributed by atoms with Crippen molar-refractivity contribution in [3.05, 3.63) is 84.0 Å². The van der Waals surface area contributed by atoms with E-state index in [0.29, 0.717) is 13.2 Å². The lowest BCUT2D eigenvalue weighted by molar-refractivity contribution is -0.271. The summed E-state index contributed by atoms with van der Waals surface area (Å²) in [6.07, 6.45) is 12.6. The lowest BCUT2D eigenvalue weighted by Crippen LogP contribution is -2.50. The van der Waals surface area contributed by atoms with Gasteiger partial charge in [-0.3, -0.25) is 0 Å². The van der Waals surface area contributed by atoms with Gasteiger partial charge in [0.15, 0.2) is 6.29 Å². The van der Waals surface area contributed by atoms with Gasteiger partial charge in [0.1, 0.15) is 24.6 Å². The predicted molar refractivity (Wildman–Crippen MR) is 204 cm³/mol. The first-order valence-corrected chi connectivity index (χ1v) is 18.7. The van der Waals surface area contributed by atoms with E-state index in [4.69, 9.17) is 37.9 Å². The molecule has 3 rings (SSSR count). The first-order valence-electron chi connectivity index (χ1n) is 18.7. The fourth-order valence-corrected chi connectivity index (χ4v) is 6.89. The number of ether oxygens (including phenoxy) is 8. The molecule has 10 atom stereocenters. The molecule has 9 heteroatoms. The van der Waals surface area contributed by atoms with Crippen LogP contribution in [0.15, 0.2) is 72.8 Å². The number of aldehydes is 1. The number of allylic oxidation sites excluding steroid dienone is 2. The van der Waals surface area contributed by atoms with E-state index in [1.165, 1.54) is 0 Å². The van der Waals surface area contributed by atoms with Crippen LogP contribution in [0.4, 0.5) is 0 Å². The number of rotatable bonds is 24. The highest BCUT2D eigenvalue weighted by molar-refractivity contribution is 5.53. The van der Waals surface area contributed by atoms with Crippen LogP contribution in [-0.4, -0.2) is 72.2 Å². The third-order valence-electron chi connectivity index (χ3n) is 10.1. The largest absolute Gasteiger partial charge is 0.497 e. The van der Waals surface area contributed by atoms with Gasteiger partial charge in [0.2, 0.25) is 0 Å². The summed E-state index contributed by atoms with van der Waals surface area (Å²) in [4.78, 5) is 11.7. The van der Waals surface area contributed by atoms with Crippen molar-refractivity contribution in [2.75, 3.05) is 35.2 Å². The van der Waals surface area contributed by atoms with Gasteiger partial charge in [-0.15, -0.1) is 0 Å². The van der Waals surface area contributed by atoms with Gasteiger partial charge in [-0.2, -0.15) is 0 Å². The number of carbonyl (C=O) groups is 1. The second-order valence-corrected chi connectivity index (χ2v) is 14.1. The number of carbonyl (C=O) groups excluding carboxylic acids is 1. The van der Waals surface area contributed by atoms with Crippen LogP contribution in [0.1, 0.15) is 71.4 Å². The molecule has 1 aliphatic heterocycles. The number of hydrogen-bond donors (Lipinski definition) is 0.